The lowest BCUT2D eigenvalue weighted by molar-refractivity contribution is 0.785. The number of pyridine rings is 1. The SMILES string of the molecule is Cl.Cl.c1cc2c(cn1)NCCCC2. The van der Waals surface area contributed by atoms with Gasteiger partial charge < -0.3 is 5.32 Å². The Balaban J connectivity index is 0.000000720. The molecule has 0 aliphatic carbocycles. The summed E-state index contributed by atoms with van der Waals surface area (Å²) in [5, 5.41) is 3.36. The summed E-state index contributed by atoms with van der Waals surface area (Å²) >= 11 is 0. The Morgan fingerprint density at radius 1 is 1.23 bits per heavy atom. The summed E-state index contributed by atoms with van der Waals surface area (Å²) in [6.45, 7) is 1.10. The Morgan fingerprint density at radius 2 is 2.08 bits per heavy atom. The summed E-state index contributed by atoms with van der Waals surface area (Å²) < 4.78 is 0. The van der Waals surface area contributed by atoms with Gasteiger partial charge in [0.2, 0.25) is 0 Å². The van der Waals surface area contributed by atoms with Gasteiger partial charge in [-0.05, 0) is 30.9 Å². The standard InChI is InChI=1S/C9H12N2.2ClH/c1-2-5-11-9-7-10-6-4-8(9)3-1;;/h4,6-7,11H,1-3,5H2;2*1H. The molecular weight excluding hydrogens is 207 g/mol. The van der Waals surface area contributed by atoms with Crippen molar-refractivity contribution in [3.05, 3.63) is 24.0 Å². The lowest BCUT2D eigenvalue weighted by atomic mass is 10.1. The second-order valence-electron chi connectivity index (χ2n) is 2.92. The van der Waals surface area contributed by atoms with Crippen LogP contribution in [-0.2, 0) is 6.42 Å². The molecule has 1 N–H and O–H groups in total. The maximum absolute atomic E-state index is 4.08. The van der Waals surface area contributed by atoms with Crippen LogP contribution in [0.2, 0.25) is 0 Å². The number of nitrogens with zero attached hydrogens (tertiary/aromatic N) is 1. The normalized spacial score (nSPS) is 13.8. The number of halogens is 2. The van der Waals surface area contributed by atoms with Crippen molar-refractivity contribution in [3.63, 3.8) is 0 Å². The first-order valence-corrected chi connectivity index (χ1v) is 4.13. The van der Waals surface area contributed by atoms with Gasteiger partial charge in [-0.2, -0.15) is 0 Å². The highest BCUT2D eigenvalue weighted by atomic mass is 35.5. The average Bonchev–Trinajstić information content (AvgIpc) is 2.28. The van der Waals surface area contributed by atoms with E-state index in [9.17, 15) is 0 Å². The number of aryl methyl sites for hydroxylation is 1. The Morgan fingerprint density at radius 3 is 2.92 bits per heavy atom. The van der Waals surface area contributed by atoms with Crippen LogP contribution >= 0.6 is 24.8 Å². The van der Waals surface area contributed by atoms with Crippen molar-refractivity contribution in [1.29, 1.82) is 0 Å². The Bertz CT molecular complexity index is 228. The predicted molar refractivity (Wildman–Crippen MR) is 60.2 cm³/mol. The molecule has 2 nitrogen and oxygen atoms in total. The van der Waals surface area contributed by atoms with Crippen LogP contribution < -0.4 is 5.32 Å². The van der Waals surface area contributed by atoms with Gasteiger partial charge in [0, 0.05) is 12.7 Å². The van der Waals surface area contributed by atoms with E-state index in [2.05, 4.69) is 16.4 Å². The summed E-state index contributed by atoms with van der Waals surface area (Å²) in [4.78, 5) is 4.08. The highest BCUT2D eigenvalue weighted by Crippen LogP contribution is 2.18. The summed E-state index contributed by atoms with van der Waals surface area (Å²) in [6.07, 6.45) is 7.55. The van der Waals surface area contributed by atoms with Gasteiger partial charge >= 0.3 is 0 Å². The number of hydrogen-bond acceptors (Lipinski definition) is 2. The van der Waals surface area contributed by atoms with E-state index in [1.54, 1.807) is 0 Å². The molecule has 0 atom stereocenters. The fourth-order valence-electron chi connectivity index (χ4n) is 1.46. The van der Waals surface area contributed by atoms with Crippen LogP contribution in [0.15, 0.2) is 18.5 Å². The molecule has 1 aromatic rings. The Kier molecular flexibility index (Phi) is 5.84. The Hall–Kier alpha value is -0.470. The Labute approximate surface area is 91.0 Å². The monoisotopic (exact) mass is 220 g/mol. The van der Waals surface area contributed by atoms with Crippen LogP contribution in [-0.4, -0.2) is 11.5 Å². The van der Waals surface area contributed by atoms with E-state index < -0.39 is 0 Å². The second kappa shape index (κ2) is 6.06. The quantitative estimate of drug-likeness (QED) is 0.728. The van der Waals surface area contributed by atoms with Gasteiger partial charge in [-0.15, -0.1) is 24.8 Å². The third-order valence-corrected chi connectivity index (χ3v) is 2.10. The molecule has 0 aromatic carbocycles. The molecule has 13 heavy (non-hydrogen) atoms. The summed E-state index contributed by atoms with van der Waals surface area (Å²) in [7, 11) is 0. The van der Waals surface area contributed by atoms with Gasteiger partial charge in [0.05, 0.1) is 11.9 Å². The lowest BCUT2D eigenvalue weighted by Gasteiger charge is -2.04. The first kappa shape index (κ1) is 12.5. The van der Waals surface area contributed by atoms with Gasteiger partial charge in [0.1, 0.15) is 0 Å². The van der Waals surface area contributed by atoms with E-state index >= 15 is 0 Å². The fourth-order valence-corrected chi connectivity index (χ4v) is 1.46. The number of rotatable bonds is 0. The molecule has 0 saturated heterocycles. The van der Waals surface area contributed by atoms with E-state index in [0.29, 0.717) is 0 Å². The highest BCUT2D eigenvalue weighted by molar-refractivity contribution is 5.85. The molecule has 0 unspecified atom stereocenters. The predicted octanol–water partition coefficient (Wildman–Crippen LogP) is 2.67. The molecule has 1 aliphatic rings. The van der Waals surface area contributed by atoms with Crippen molar-refractivity contribution in [2.75, 3.05) is 11.9 Å². The number of fused-ring (bicyclic) bond motifs is 1. The minimum Gasteiger partial charge on any atom is -0.384 e. The average molecular weight is 221 g/mol. The molecule has 4 heteroatoms. The molecule has 0 radical (unpaired) electrons. The smallest absolute Gasteiger partial charge is 0.0559 e. The second-order valence-corrected chi connectivity index (χ2v) is 2.92. The minimum atomic E-state index is 0. The van der Waals surface area contributed by atoms with E-state index in [0.717, 1.165) is 6.54 Å². The molecular formula is C9H14Cl2N2. The first-order valence-electron chi connectivity index (χ1n) is 4.13. The number of hydrogen-bond donors (Lipinski definition) is 1. The van der Waals surface area contributed by atoms with Crippen LogP contribution in [0.5, 0.6) is 0 Å². The van der Waals surface area contributed by atoms with Crippen molar-refractivity contribution in [1.82, 2.24) is 4.98 Å². The molecule has 0 saturated carbocycles. The molecule has 2 heterocycles. The number of aromatic nitrogens is 1. The van der Waals surface area contributed by atoms with Crippen LogP contribution in [0.25, 0.3) is 0 Å². The maximum atomic E-state index is 4.08. The van der Waals surface area contributed by atoms with Gasteiger partial charge in [-0.3, -0.25) is 4.98 Å². The van der Waals surface area contributed by atoms with Crippen LogP contribution in [0, 0.1) is 0 Å². The molecule has 0 amide bonds. The maximum Gasteiger partial charge on any atom is 0.0559 e. The van der Waals surface area contributed by atoms with E-state index in [-0.39, 0.29) is 24.8 Å². The molecule has 74 valence electrons. The first-order chi connectivity index (χ1) is 5.47. The van der Waals surface area contributed by atoms with Gasteiger partial charge in [-0.25, -0.2) is 0 Å². The van der Waals surface area contributed by atoms with E-state index in [4.69, 9.17) is 0 Å². The third kappa shape index (κ3) is 3.05. The molecule has 1 aliphatic heterocycles. The molecule has 0 bridgehead atoms. The summed E-state index contributed by atoms with van der Waals surface area (Å²) in [5.74, 6) is 0. The number of anilines is 1. The van der Waals surface area contributed by atoms with Crippen LogP contribution in [0.3, 0.4) is 0 Å². The van der Waals surface area contributed by atoms with E-state index in [1.165, 1.54) is 30.5 Å². The zero-order valence-corrected chi connectivity index (χ0v) is 8.96. The summed E-state index contributed by atoms with van der Waals surface area (Å²) in [5.41, 5.74) is 2.64. The van der Waals surface area contributed by atoms with Crippen molar-refractivity contribution in [2.24, 2.45) is 0 Å². The van der Waals surface area contributed by atoms with Gasteiger partial charge in [0.15, 0.2) is 0 Å². The fraction of sp³-hybridized carbons (Fsp3) is 0.444. The van der Waals surface area contributed by atoms with Crippen molar-refractivity contribution >= 4 is 30.5 Å². The molecule has 1 aromatic heterocycles. The lowest BCUT2D eigenvalue weighted by Crippen LogP contribution is -1.99. The summed E-state index contributed by atoms with van der Waals surface area (Å²) in [6, 6.07) is 2.10. The highest BCUT2D eigenvalue weighted by Gasteiger charge is 2.04. The largest absolute Gasteiger partial charge is 0.384 e. The minimum absolute atomic E-state index is 0. The zero-order chi connectivity index (χ0) is 7.52. The van der Waals surface area contributed by atoms with Crippen LogP contribution in [0.4, 0.5) is 5.69 Å². The van der Waals surface area contributed by atoms with E-state index in [1.807, 2.05) is 12.4 Å². The van der Waals surface area contributed by atoms with Crippen LogP contribution in [0.1, 0.15) is 18.4 Å². The van der Waals surface area contributed by atoms with Crippen molar-refractivity contribution in [3.8, 4) is 0 Å². The van der Waals surface area contributed by atoms with Gasteiger partial charge in [-0.1, -0.05) is 0 Å². The molecule has 0 fully saturated rings. The zero-order valence-electron chi connectivity index (χ0n) is 7.32. The third-order valence-electron chi connectivity index (χ3n) is 2.10. The van der Waals surface area contributed by atoms with Crippen molar-refractivity contribution < 1.29 is 0 Å². The van der Waals surface area contributed by atoms with Crippen molar-refractivity contribution in [2.45, 2.75) is 19.3 Å². The number of nitrogens with one attached hydrogen (secondary N) is 1. The topological polar surface area (TPSA) is 24.9 Å². The molecule has 0 spiro atoms. The molecule has 2 rings (SSSR count). The van der Waals surface area contributed by atoms with Gasteiger partial charge in [0.25, 0.3) is 0 Å².